The molecular formula is C26H22F7N3O6. The van der Waals surface area contributed by atoms with E-state index in [9.17, 15) is 40.3 Å². The van der Waals surface area contributed by atoms with Crippen LogP contribution in [0.3, 0.4) is 0 Å². The summed E-state index contributed by atoms with van der Waals surface area (Å²) in [6.07, 6.45) is -10.3. The van der Waals surface area contributed by atoms with E-state index in [0.29, 0.717) is 18.2 Å². The first-order valence-corrected chi connectivity index (χ1v) is 11.4. The molecule has 3 rings (SSSR count). The van der Waals surface area contributed by atoms with Crippen molar-refractivity contribution in [1.82, 2.24) is 4.98 Å². The highest BCUT2D eigenvalue weighted by molar-refractivity contribution is 6.06. The van der Waals surface area contributed by atoms with E-state index in [1.54, 1.807) is 20.8 Å². The lowest BCUT2D eigenvalue weighted by molar-refractivity contribution is -0.274. The third-order valence-corrected chi connectivity index (χ3v) is 4.74. The number of nitrogens with zero attached hydrogens (tertiary/aromatic N) is 1. The summed E-state index contributed by atoms with van der Waals surface area (Å²) < 4.78 is 134. The van der Waals surface area contributed by atoms with Crippen LogP contribution in [0, 0.1) is 5.82 Å². The summed E-state index contributed by atoms with van der Waals surface area (Å²) in [6, 6.07) is 4.33. The van der Waals surface area contributed by atoms with Gasteiger partial charge in [-0.3, -0.25) is 10.1 Å². The quantitative estimate of drug-likeness (QED) is 0.267. The summed E-state index contributed by atoms with van der Waals surface area (Å²) in [5.74, 6) is -6.98. The van der Waals surface area contributed by atoms with Gasteiger partial charge in [0.1, 0.15) is 28.7 Å². The summed E-state index contributed by atoms with van der Waals surface area (Å²) >= 11 is 0. The fourth-order valence-electron chi connectivity index (χ4n) is 3.18. The topological polar surface area (TPSA) is 108 Å². The normalized spacial score (nSPS) is 13.2. The first kappa shape index (κ1) is 27.4. The average Bonchev–Trinajstić information content (AvgIpc) is 2.82. The fraction of sp³-hybridized carbons (Fsp3) is 0.269. The Morgan fingerprint density at radius 2 is 1.62 bits per heavy atom. The molecule has 0 bridgehead atoms. The van der Waals surface area contributed by atoms with E-state index in [-0.39, 0.29) is 23.6 Å². The lowest BCUT2D eigenvalue weighted by Gasteiger charge is -2.19. The van der Waals surface area contributed by atoms with Gasteiger partial charge < -0.3 is 24.3 Å². The first-order chi connectivity index (χ1) is 20.5. The van der Waals surface area contributed by atoms with Gasteiger partial charge >= 0.3 is 18.6 Å². The maximum atomic E-state index is 14.6. The minimum absolute atomic E-state index is 0.0888. The summed E-state index contributed by atoms with van der Waals surface area (Å²) in [6.45, 7) is 4.80. The number of methoxy groups -OCH3 is 1. The molecule has 9 nitrogen and oxygen atoms in total. The van der Waals surface area contributed by atoms with Crippen molar-refractivity contribution in [3.8, 4) is 23.0 Å². The van der Waals surface area contributed by atoms with E-state index in [4.69, 9.17) is 13.6 Å². The van der Waals surface area contributed by atoms with Crippen LogP contribution in [-0.2, 0) is 10.9 Å². The molecule has 3 aromatic rings. The molecule has 226 valence electrons. The molecule has 2 amide bonds. The number of alkyl halides is 6. The van der Waals surface area contributed by atoms with Crippen LogP contribution in [0.4, 0.5) is 47.0 Å². The Bertz CT molecular complexity index is 1580. The number of carbonyl (C=O) groups is 2. The number of halogens is 7. The maximum Gasteiger partial charge on any atom is 0.573 e. The van der Waals surface area contributed by atoms with E-state index in [1.807, 2.05) is 0 Å². The molecule has 0 aliphatic rings. The number of pyridine rings is 1. The second-order valence-electron chi connectivity index (χ2n) is 9.20. The molecule has 42 heavy (non-hydrogen) atoms. The Hall–Kier alpha value is -4.76. The minimum Gasteiger partial charge on any atom is -0.493 e. The third kappa shape index (κ3) is 8.87. The van der Waals surface area contributed by atoms with E-state index in [0.717, 1.165) is 12.3 Å². The van der Waals surface area contributed by atoms with E-state index in [2.05, 4.69) is 25.1 Å². The monoisotopic (exact) mass is 608 g/mol. The number of nitrogens with one attached hydrogen (secondary N) is 2. The summed E-state index contributed by atoms with van der Waals surface area (Å²) in [5, 5.41) is 4.55. The number of aromatic nitrogens is 1. The van der Waals surface area contributed by atoms with Crippen LogP contribution in [0.25, 0.3) is 0 Å². The third-order valence-electron chi connectivity index (χ3n) is 4.74. The SMILES string of the molecule is [2H]C([2H])([2H])Oc1cc(OC(F)(F)F)ccc1Oc1cc(C(F)(F)F)c(F)cc1C(=O)Nc1ccnc(NC(=O)OC(C)(C)C)c1. The van der Waals surface area contributed by atoms with Gasteiger partial charge in [0, 0.05) is 24.0 Å². The summed E-state index contributed by atoms with van der Waals surface area (Å²) in [4.78, 5) is 29.1. The molecular weight excluding hydrogens is 583 g/mol. The molecule has 2 N–H and O–H groups in total. The van der Waals surface area contributed by atoms with Crippen molar-refractivity contribution in [3.63, 3.8) is 0 Å². The van der Waals surface area contributed by atoms with Gasteiger partial charge in [0.25, 0.3) is 5.91 Å². The molecule has 1 aromatic heterocycles. The minimum atomic E-state index is -5.30. The van der Waals surface area contributed by atoms with Crippen molar-refractivity contribution in [3.05, 3.63) is 65.6 Å². The number of amides is 2. The molecule has 0 aliphatic carbocycles. The van der Waals surface area contributed by atoms with Crippen LogP contribution in [0.2, 0.25) is 0 Å². The first-order valence-electron chi connectivity index (χ1n) is 12.9. The van der Waals surface area contributed by atoms with Crippen molar-refractivity contribution in [2.45, 2.75) is 38.9 Å². The maximum absolute atomic E-state index is 14.6. The number of hydrogen-bond acceptors (Lipinski definition) is 7. The Balaban J connectivity index is 2.02. The lowest BCUT2D eigenvalue weighted by Crippen LogP contribution is -2.27. The van der Waals surface area contributed by atoms with Gasteiger partial charge in [-0.25, -0.2) is 14.2 Å². The molecule has 0 saturated heterocycles. The Morgan fingerprint density at radius 1 is 0.905 bits per heavy atom. The molecule has 2 aromatic carbocycles. The highest BCUT2D eigenvalue weighted by atomic mass is 19.4. The van der Waals surface area contributed by atoms with Crippen LogP contribution < -0.4 is 24.8 Å². The average molecular weight is 608 g/mol. The molecule has 1 heterocycles. The highest BCUT2D eigenvalue weighted by Crippen LogP contribution is 2.41. The van der Waals surface area contributed by atoms with Crippen LogP contribution in [-0.4, -0.2) is 36.0 Å². The smallest absolute Gasteiger partial charge is 0.493 e. The van der Waals surface area contributed by atoms with Crippen molar-refractivity contribution in [1.29, 1.82) is 0 Å². The Morgan fingerprint density at radius 3 is 2.24 bits per heavy atom. The van der Waals surface area contributed by atoms with Crippen LogP contribution in [0.1, 0.15) is 40.8 Å². The van der Waals surface area contributed by atoms with Gasteiger partial charge in [-0.15, -0.1) is 13.2 Å². The zero-order chi connectivity index (χ0) is 34.0. The zero-order valence-electron chi connectivity index (χ0n) is 24.7. The molecule has 0 spiro atoms. The number of rotatable bonds is 7. The van der Waals surface area contributed by atoms with Crippen molar-refractivity contribution in [2.75, 3.05) is 17.7 Å². The Kier molecular flexibility index (Phi) is 7.83. The number of carbonyl (C=O) groups excluding carboxylic acids is 2. The van der Waals surface area contributed by atoms with E-state index < -0.39 is 77.1 Å². The predicted molar refractivity (Wildman–Crippen MR) is 133 cm³/mol. The summed E-state index contributed by atoms with van der Waals surface area (Å²) in [5.41, 5.74) is -3.71. The second kappa shape index (κ2) is 12.0. The largest absolute Gasteiger partial charge is 0.573 e. The molecule has 0 saturated carbocycles. The standard InChI is InChI=1S/C26H22F7N3O6/c1-24(2,3)42-23(38)36-21-9-13(7-8-34-21)35-22(37)15-11-17(27)16(25(28,29)30)12-19(15)40-18-6-5-14(10-20(18)39-4)41-26(31,32)33/h5-12H,1-4H3,(H2,34,35,36,37,38)/i4D3. The number of ether oxygens (including phenoxy) is 4. The fourth-order valence-corrected chi connectivity index (χ4v) is 3.18. The van der Waals surface area contributed by atoms with Gasteiger partial charge in [0.15, 0.2) is 11.5 Å². The molecule has 16 heteroatoms. The molecule has 0 fully saturated rings. The summed E-state index contributed by atoms with van der Waals surface area (Å²) in [7, 11) is -3.29. The highest BCUT2D eigenvalue weighted by Gasteiger charge is 2.36. The molecule has 0 radical (unpaired) electrons. The predicted octanol–water partition coefficient (Wildman–Crippen LogP) is 7.54. The van der Waals surface area contributed by atoms with Gasteiger partial charge in [-0.2, -0.15) is 13.2 Å². The van der Waals surface area contributed by atoms with Crippen LogP contribution in [0.5, 0.6) is 23.0 Å². The molecule has 0 aliphatic heterocycles. The number of anilines is 2. The second-order valence-corrected chi connectivity index (χ2v) is 9.20. The van der Waals surface area contributed by atoms with Crippen LogP contribution >= 0.6 is 0 Å². The number of hydrogen-bond donors (Lipinski definition) is 2. The Labute approximate surface area is 237 Å². The zero-order valence-corrected chi connectivity index (χ0v) is 21.7. The molecule has 0 atom stereocenters. The van der Waals surface area contributed by atoms with Gasteiger partial charge in [-0.05, 0) is 51.1 Å². The van der Waals surface area contributed by atoms with Gasteiger partial charge in [0.05, 0.1) is 22.3 Å². The van der Waals surface area contributed by atoms with Crippen molar-refractivity contribution in [2.24, 2.45) is 0 Å². The van der Waals surface area contributed by atoms with E-state index >= 15 is 0 Å². The van der Waals surface area contributed by atoms with Crippen molar-refractivity contribution >= 4 is 23.5 Å². The van der Waals surface area contributed by atoms with Crippen LogP contribution in [0.15, 0.2) is 48.7 Å². The number of benzene rings is 2. The van der Waals surface area contributed by atoms with Gasteiger partial charge in [-0.1, -0.05) is 0 Å². The van der Waals surface area contributed by atoms with E-state index in [1.165, 1.54) is 6.07 Å². The van der Waals surface area contributed by atoms with Crippen molar-refractivity contribution < 1.29 is 63.4 Å². The lowest BCUT2D eigenvalue weighted by atomic mass is 10.1. The molecule has 0 unspecified atom stereocenters. The van der Waals surface area contributed by atoms with Gasteiger partial charge in [0.2, 0.25) is 0 Å².